The number of aryl methyl sites for hydroxylation is 2. The first-order valence-electron chi connectivity index (χ1n) is 10.8. The second kappa shape index (κ2) is 8.60. The van der Waals surface area contributed by atoms with Crippen LogP contribution in [0.15, 0.2) is 66.4 Å². The Balaban J connectivity index is 1.35. The topological polar surface area (TPSA) is 38.8 Å². The fourth-order valence-corrected chi connectivity index (χ4v) is 4.28. The minimum atomic E-state index is -0.316. The van der Waals surface area contributed by atoms with E-state index >= 15 is 0 Å². The molecule has 0 unspecified atom stereocenters. The number of hydrogen-bond donors (Lipinski definition) is 0. The maximum atomic E-state index is 13.2. The second-order valence-corrected chi connectivity index (χ2v) is 8.28. The average Bonchev–Trinajstić information content (AvgIpc) is 3.13. The molecule has 3 aromatic carbocycles. The van der Waals surface area contributed by atoms with Crippen LogP contribution in [0.3, 0.4) is 0 Å². The lowest BCUT2D eigenvalue weighted by Crippen LogP contribution is -2.33. The molecule has 0 fully saturated rings. The van der Waals surface area contributed by atoms with E-state index < -0.39 is 0 Å². The number of halogens is 1. The first-order chi connectivity index (χ1) is 15.6. The van der Waals surface area contributed by atoms with Gasteiger partial charge in [-0.2, -0.15) is 0 Å². The van der Waals surface area contributed by atoms with Gasteiger partial charge < -0.3 is 9.47 Å². The smallest absolute Gasteiger partial charge is 0.232 e. The molecular weight excluding hydrogens is 405 g/mol. The van der Waals surface area contributed by atoms with Crippen molar-refractivity contribution >= 4 is 11.9 Å². The van der Waals surface area contributed by atoms with Crippen LogP contribution in [0.4, 0.5) is 4.39 Å². The third-order valence-corrected chi connectivity index (χ3v) is 5.94. The molecule has 0 bridgehead atoms. The fraction of sp³-hybridized carbons (Fsp3) is 0.222. The SMILES string of the molecule is Cc1cc2c(c3c1C(=O)/C(=C/c1ccc(F)cc1)O3)CN(CCCc1ccccc1)CO2. The number of ketones is 1. The van der Waals surface area contributed by atoms with Gasteiger partial charge in [-0.15, -0.1) is 0 Å². The summed E-state index contributed by atoms with van der Waals surface area (Å²) in [4.78, 5) is 15.3. The highest BCUT2D eigenvalue weighted by molar-refractivity contribution is 6.15. The number of ether oxygens (including phenoxy) is 2. The van der Waals surface area contributed by atoms with Crippen LogP contribution in [0.25, 0.3) is 6.08 Å². The molecule has 0 amide bonds. The van der Waals surface area contributed by atoms with Crippen molar-refractivity contribution in [3.63, 3.8) is 0 Å². The van der Waals surface area contributed by atoms with Crippen LogP contribution in [0.1, 0.15) is 39.0 Å². The number of carbonyl (C=O) groups is 1. The zero-order chi connectivity index (χ0) is 22.1. The Labute approximate surface area is 186 Å². The summed E-state index contributed by atoms with van der Waals surface area (Å²) in [6.45, 7) is 3.98. The maximum absolute atomic E-state index is 13.2. The standard InChI is InChI=1S/C27H24FNO3/c1-18-14-23-22(16-29(17-31-23)13-5-8-19-6-3-2-4-7-19)27-25(18)26(30)24(32-27)15-20-9-11-21(28)12-10-20/h2-4,6-7,9-12,14-15H,5,8,13,16-17H2,1H3/b24-15-. The van der Waals surface area contributed by atoms with Crippen molar-refractivity contribution in [3.8, 4) is 11.5 Å². The zero-order valence-electron chi connectivity index (χ0n) is 17.9. The molecule has 5 heteroatoms. The van der Waals surface area contributed by atoms with E-state index in [1.54, 1.807) is 18.2 Å². The van der Waals surface area contributed by atoms with E-state index in [1.165, 1.54) is 17.7 Å². The first kappa shape index (κ1) is 20.5. The summed E-state index contributed by atoms with van der Waals surface area (Å²) in [6, 6.07) is 18.4. The van der Waals surface area contributed by atoms with Gasteiger partial charge in [0.1, 0.15) is 24.0 Å². The highest BCUT2D eigenvalue weighted by atomic mass is 19.1. The number of hydrogen-bond acceptors (Lipinski definition) is 4. The van der Waals surface area contributed by atoms with Gasteiger partial charge >= 0.3 is 0 Å². The number of rotatable bonds is 5. The molecule has 2 heterocycles. The third-order valence-electron chi connectivity index (χ3n) is 5.94. The molecule has 162 valence electrons. The Bertz CT molecular complexity index is 1190. The van der Waals surface area contributed by atoms with Gasteiger partial charge in [0.05, 0.1) is 11.1 Å². The Kier molecular flexibility index (Phi) is 5.50. The minimum Gasteiger partial charge on any atom is -0.478 e. The Morgan fingerprint density at radius 1 is 1.09 bits per heavy atom. The van der Waals surface area contributed by atoms with Gasteiger partial charge in [0, 0.05) is 13.1 Å². The molecule has 2 aliphatic rings. The molecule has 5 rings (SSSR count). The molecule has 4 nitrogen and oxygen atoms in total. The summed E-state index contributed by atoms with van der Waals surface area (Å²) >= 11 is 0. The van der Waals surface area contributed by atoms with E-state index in [-0.39, 0.29) is 17.4 Å². The molecule has 0 saturated heterocycles. The summed E-state index contributed by atoms with van der Waals surface area (Å²) in [5.41, 5.74) is 4.38. The van der Waals surface area contributed by atoms with Gasteiger partial charge in [0.15, 0.2) is 5.76 Å². The predicted molar refractivity (Wildman–Crippen MR) is 121 cm³/mol. The summed E-state index contributed by atoms with van der Waals surface area (Å²) < 4.78 is 25.3. The van der Waals surface area contributed by atoms with Crippen molar-refractivity contribution in [2.75, 3.05) is 13.3 Å². The molecule has 0 N–H and O–H groups in total. The molecule has 2 aliphatic heterocycles. The summed E-state index contributed by atoms with van der Waals surface area (Å²) in [6.07, 6.45) is 3.69. The van der Waals surface area contributed by atoms with Crippen LogP contribution >= 0.6 is 0 Å². The summed E-state index contributed by atoms with van der Waals surface area (Å²) in [5.74, 6) is 1.15. The van der Waals surface area contributed by atoms with Crippen molar-refractivity contribution in [1.29, 1.82) is 0 Å². The summed E-state index contributed by atoms with van der Waals surface area (Å²) in [5, 5.41) is 0. The highest BCUT2D eigenvalue weighted by Gasteiger charge is 2.35. The van der Waals surface area contributed by atoms with Crippen LogP contribution in [0.5, 0.6) is 11.5 Å². The molecule has 3 aromatic rings. The largest absolute Gasteiger partial charge is 0.478 e. The van der Waals surface area contributed by atoms with Gasteiger partial charge in [-0.3, -0.25) is 9.69 Å². The number of fused-ring (bicyclic) bond motifs is 3. The Morgan fingerprint density at radius 3 is 2.66 bits per heavy atom. The molecule has 0 aliphatic carbocycles. The van der Waals surface area contributed by atoms with Gasteiger partial charge in [-0.05, 0) is 60.7 Å². The number of allylic oxidation sites excluding steroid dienone is 1. The molecule has 0 radical (unpaired) electrons. The number of nitrogens with zero attached hydrogens (tertiary/aromatic N) is 1. The van der Waals surface area contributed by atoms with Gasteiger partial charge in [0.25, 0.3) is 0 Å². The Morgan fingerprint density at radius 2 is 1.88 bits per heavy atom. The molecular formula is C27H24FNO3. The normalized spacial score (nSPS) is 16.4. The maximum Gasteiger partial charge on any atom is 0.232 e. The average molecular weight is 429 g/mol. The van der Waals surface area contributed by atoms with Crippen LogP contribution in [-0.4, -0.2) is 24.0 Å². The van der Waals surface area contributed by atoms with Gasteiger partial charge in [-0.1, -0.05) is 42.5 Å². The number of Topliss-reactive ketones (excluding diaryl/α,β-unsaturated/α-hetero) is 1. The van der Waals surface area contributed by atoms with E-state index in [0.717, 1.165) is 36.3 Å². The number of carbonyl (C=O) groups excluding carboxylic acids is 1. The van der Waals surface area contributed by atoms with E-state index in [4.69, 9.17) is 9.47 Å². The van der Waals surface area contributed by atoms with Gasteiger partial charge in [-0.25, -0.2) is 4.39 Å². The van der Waals surface area contributed by atoms with Crippen LogP contribution < -0.4 is 9.47 Å². The van der Waals surface area contributed by atoms with Crippen molar-refractivity contribution in [1.82, 2.24) is 4.90 Å². The van der Waals surface area contributed by atoms with Crippen molar-refractivity contribution in [2.24, 2.45) is 0 Å². The van der Waals surface area contributed by atoms with Crippen LogP contribution in [-0.2, 0) is 13.0 Å². The van der Waals surface area contributed by atoms with E-state index in [9.17, 15) is 9.18 Å². The monoisotopic (exact) mass is 429 g/mol. The lowest BCUT2D eigenvalue weighted by Gasteiger charge is -2.30. The van der Waals surface area contributed by atoms with Crippen LogP contribution in [0.2, 0.25) is 0 Å². The predicted octanol–water partition coefficient (Wildman–Crippen LogP) is 5.54. The second-order valence-electron chi connectivity index (χ2n) is 8.28. The van der Waals surface area contributed by atoms with E-state index in [1.807, 2.05) is 19.1 Å². The summed E-state index contributed by atoms with van der Waals surface area (Å²) in [7, 11) is 0. The van der Waals surface area contributed by atoms with Crippen LogP contribution in [0, 0.1) is 12.7 Å². The quantitative estimate of drug-likeness (QED) is 0.500. The lowest BCUT2D eigenvalue weighted by atomic mass is 9.98. The molecule has 0 spiro atoms. The minimum absolute atomic E-state index is 0.147. The van der Waals surface area contributed by atoms with E-state index in [0.29, 0.717) is 30.2 Å². The number of benzene rings is 3. The highest BCUT2D eigenvalue weighted by Crippen LogP contribution is 2.44. The first-order valence-corrected chi connectivity index (χ1v) is 10.8. The molecule has 32 heavy (non-hydrogen) atoms. The lowest BCUT2D eigenvalue weighted by molar-refractivity contribution is 0.0928. The molecule has 0 atom stereocenters. The van der Waals surface area contributed by atoms with E-state index in [2.05, 4.69) is 29.2 Å². The van der Waals surface area contributed by atoms with Crippen molar-refractivity contribution < 1.29 is 18.7 Å². The molecule has 0 saturated carbocycles. The Hall–Kier alpha value is -3.44. The van der Waals surface area contributed by atoms with Gasteiger partial charge in [0.2, 0.25) is 5.78 Å². The van der Waals surface area contributed by atoms with Crippen molar-refractivity contribution in [2.45, 2.75) is 26.3 Å². The zero-order valence-corrected chi connectivity index (χ0v) is 17.9. The van der Waals surface area contributed by atoms with Crippen molar-refractivity contribution in [3.05, 3.63) is 100 Å². The molecule has 0 aromatic heterocycles. The fourth-order valence-electron chi connectivity index (χ4n) is 4.28. The third kappa shape index (κ3) is 4.04.